The minimum atomic E-state index is -0.249. The van der Waals surface area contributed by atoms with Crippen LogP contribution in [0.25, 0.3) is 0 Å². The maximum atomic E-state index is 11.1. The average molecular weight is 228 g/mol. The van der Waals surface area contributed by atoms with E-state index >= 15 is 0 Å². The second kappa shape index (κ2) is 6.00. The number of aromatic nitrogens is 2. The molecule has 0 aliphatic rings. The predicted molar refractivity (Wildman–Crippen MR) is 49.8 cm³/mol. The molecule has 0 aliphatic heterocycles. The molecule has 1 aromatic rings. The summed E-state index contributed by atoms with van der Waals surface area (Å²) in [4.78, 5) is 11.1. The van der Waals surface area contributed by atoms with E-state index in [4.69, 9.17) is 10.4 Å². The number of hydrogen-bond donors (Lipinski definition) is 2. The van der Waals surface area contributed by atoms with E-state index in [0.29, 0.717) is 0 Å². The molecule has 7 nitrogen and oxygen atoms in total. The first kappa shape index (κ1) is 11.5. The van der Waals surface area contributed by atoms with Gasteiger partial charge in [0.25, 0.3) is 0 Å². The summed E-state index contributed by atoms with van der Waals surface area (Å²) in [5.74, 6) is -0.149. The van der Waals surface area contributed by atoms with Crippen LogP contribution in [0.1, 0.15) is 5.69 Å². The molecule has 0 saturated carbocycles. The van der Waals surface area contributed by atoms with Crippen molar-refractivity contribution in [3.63, 3.8) is 0 Å². The Balaban J connectivity index is 2.37. The van der Waals surface area contributed by atoms with Crippen molar-refractivity contribution in [3.8, 4) is 6.07 Å². The number of nitrogens with one attached hydrogen (secondary N) is 1. The fourth-order valence-corrected chi connectivity index (χ4v) is 1.40. The van der Waals surface area contributed by atoms with Gasteiger partial charge in [0.2, 0.25) is 11.6 Å². The van der Waals surface area contributed by atoms with E-state index in [1.165, 1.54) is 0 Å². The van der Waals surface area contributed by atoms with Crippen LogP contribution in [-0.2, 0) is 4.79 Å². The highest BCUT2D eigenvalue weighted by Gasteiger charge is 2.11. The molecule has 8 heteroatoms. The fourth-order valence-electron chi connectivity index (χ4n) is 0.724. The van der Waals surface area contributed by atoms with Crippen LogP contribution in [0.4, 0.5) is 0 Å². The molecule has 1 aromatic heterocycles. The summed E-state index contributed by atoms with van der Waals surface area (Å²) in [6.45, 7) is 0.104. The van der Waals surface area contributed by atoms with Gasteiger partial charge < -0.3 is 10.4 Å². The third kappa shape index (κ3) is 3.57. The molecule has 1 rings (SSSR count). The van der Waals surface area contributed by atoms with Gasteiger partial charge in [0.15, 0.2) is 5.03 Å². The Morgan fingerprint density at radius 1 is 1.67 bits per heavy atom. The topological polar surface area (TPSA) is 112 Å². The van der Waals surface area contributed by atoms with Gasteiger partial charge in [0, 0.05) is 6.54 Å². The number of nitriles is 1. The standard InChI is InChI=1S/C7H8N4O3S/c8-3-5-7(11-14-10-5)15-4-6(13)9-1-2-12/h12H,1-2,4H2,(H,9,13). The van der Waals surface area contributed by atoms with Gasteiger partial charge in [-0.2, -0.15) is 5.26 Å². The van der Waals surface area contributed by atoms with Crippen molar-refractivity contribution in [1.82, 2.24) is 15.6 Å². The van der Waals surface area contributed by atoms with E-state index in [-0.39, 0.29) is 35.5 Å². The van der Waals surface area contributed by atoms with Gasteiger partial charge in [-0.1, -0.05) is 11.8 Å². The third-order valence-electron chi connectivity index (χ3n) is 1.34. The minimum Gasteiger partial charge on any atom is -0.395 e. The molecule has 80 valence electrons. The average Bonchev–Trinajstić information content (AvgIpc) is 2.70. The summed E-state index contributed by atoms with van der Waals surface area (Å²) in [5, 5.41) is 26.6. The molecule has 15 heavy (non-hydrogen) atoms. The van der Waals surface area contributed by atoms with Crippen LogP contribution in [0.2, 0.25) is 0 Å². The van der Waals surface area contributed by atoms with Gasteiger partial charge in [0.05, 0.1) is 12.4 Å². The number of carbonyl (C=O) groups is 1. The first-order chi connectivity index (χ1) is 7.27. The normalized spacial score (nSPS) is 9.60. The lowest BCUT2D eigenvalue weighted by molar-refractivity contribution is -0.118. The van der Waals surface area contributed by atoms with Gasteiger partial charge >= 0.3 is 0 Å². The van der Waals surface area contributed by atoms with Crippen molar-refractivity contribution in [3.05, 3.63) is 5.69 Å². The number of thioether (sulfide) groups is 1. The van der Waals surface area contributed by atoms with Gasteiger partial charge in [-0.05, 0) is 10.3 Å². The van der Waals surface area contributed by atoms with Crippen LogP contribution >= 0.6 is 11.8 Å². The zero-order chi connectivity index (χ0) is 11.1. The van der Waals surface area contributed by atoms with E-state index in [1.807, 2.05) is 0 Å². The lowest BCUT2D eigenvalue weighted by atomic mass is 10.5. The molecule has 2 N–H and O–H groups in total. The largest absolute Gasteiger partial charge is 0.395 e. The van der Waals surface area contributed by atoms with Crippen LogP contribution < -0.4 is 5.32 Å². The summed E-state index contributed by atoms with van der Waals surface area (Å²) in [6.07, 6.45) is 0. The van der Waals surface area contributed by atoms with Crippen LogP contribution in [0, 0.1) is 11.3 Å². The Labute approximate surface area is 89.4 Å². The second-order valence-corrected chi connectivity index (χ2v) is 3.36. The van der Waals surface area contributed by atoms with Crippen LogP contribution in [-0.4, -0.2) is 40.2 Å². The Morgan fingerprint density at radius 2 is 2.47 bits per heavy atom. The van der Waals surface area contributed by atoms with Crippen molar-refractivity contribution in [2.45, 2.75) is 5.03 Å². The first-order valence-corrected chi connectivity index (χ1v) is 4.99. The highest BCUT2D eigenvalue weighted by atomic mass is 32.2. The molecule has 0 saturated heterocycles. The van der Waals surface area contributed by atoms with E-state index in [0.717, 1.165) is 11.8 Å². The monoisotopic (exact) mass is 228 g/mol. The Bertz CT molecular complexity index is 373. The maximum absolute atomic E-state index is 11.1. The molecule has 0 aliphatic carbocycles. The highest BCUT2D eigenvalue weighted by molar-refractivity contribution is 7.99. The van der Waals surface area contributed by atoms with Gasteiger partial charge in [-0.25, -0.2) is 4.63 Å². The van der Waals surface area contributed by atoms with E-state index in [1.54, 1.807) is 6.07 Å². The minimum absolute atomic E-state index is 0.0648. The van der Waals surface area contributed by atoms with Crippen molar-refractivity contribution in [1.29, 1.82) is 5.26 Å². The lowest BCUT2D eigenvalue weighted by Crippen LogP contribution is -2.27. The molecule has 1 heterocycles. The summed E-state index contributed by atoms with van der Waals surface area (Å²) < 4.78 is 4.33. The van der Waals surface area contributed by atoms with E-state index in [2.05, 4.69) is 20.3 Å². The molecular formula is C7H8N4O3S. The molecular weight excluding hydrogens is 220 g/mol. The van der Waals surface area contributed by atoms with Crippen molar-refractivity contribution < 1.29 is 14.5 Å². The summed E-state index contributed by atoms with van der Waals surface area (Å²) in [5.41, 5.74) is 0.0648. The Kier molecular flexibility index (Phi) is 4.59. The summed E-state index contributed by atoms with van der Waals surface area (Å²) in [6, 6.07) is 1.78. The van der Waals surface area contributed by atoms with Crippen molar-refractivity contribution in [2.24, 2.45) is 0 Å². The third-order valence-corrected chi connectivity index (χ3v) is 2.29. The molecule has 0 fully saturated rings. The fraction of sp³-hybridized carbons (Fsp3) is 0.429. The number of carbonyl (C=O) groups excluding carboxylic acids is 1. The maximum Gasteiger partial charge on any atom is 0.230 e. The van der Waals surface area contributed by atoms with Crippen molar-refractivity contribution >= 4 is 17.7 Å². The number of aliphatic hydroxyl groups is 1. The zero-order valence-corrected chi connectivity index (χ0v) is 8.45. The second-order valence-electron chi connectivity index (χ2n) is 2.39. The summed E-state index contributed by atoms with van der Waals surface area (Å²) in [7, 11) is 0. The van der Waals surface area contributed by atoms with Crippen molar-refractivity contribution in [2.75, 3.05) is 18.9 Å². The van der Waals surface area contributed by atoms with Crippen LogP contribution in [0.3, 0.4) is 0 Å². The Hall–Kier alpha value is -1.59. The predicted octanol–water partition coefficient (Wildman–Crippen LogP) is -0.858. The number of hydrogen-bond acceptors (Lipinski definition) is 7. The molecule has 0 atom stereocenters. The SMILES string of the molecule is N#Cc1nonc1SCC(=O)NCCO. The van der Waals surface area contributed by atoms with E-state index in [9.17, 15) is 4.79 Å². The first-order valence-electron chi connectivity index (χ1n) is 4.01. The van der Waals surface area contributed by atoms with Crippen LogP contribution in [0.5, 0.6) is 0 Å². The zero-order valence-electron chi connectivity index (χ0n) is 7.63. The number of aliphatic hydroxyl groups excluding tert-OH is 1. The summed E-state index contributed by atoms with van der Waals surface area (Å²) >= 11 is 1.05. The lowest BCUT2D eigenvalue weighted by Gasteiger charge is -2.00. The molecule has 0 spiro atoms. The van der Waals surface area contributed by atoms with Gasteiger partial charge in [-0.3, -0.25) is 4.79 Å². The molecule has 1 amide bonds. The number of nitrogens with zero attached hydrogens (tertiary/aromatic N) is 3. The van der Waals surface area contributed by atoms with Crippen LogP contribution in [0.15, 0.2) is 9.65 Å². The Morgan fingerprint density at radius 3 is 3.13 bits per heavy atom. The quantitative estimate of drug-likeness (QED) is 0.630. The smallest absolute Gasteiger partial charge is 0.230 e. The molecule has 0 radical (unpaired) electrons. The molecule has 0 aromatic carbocycles. The van der Waals surface area contributed by atoms with Gasteiger partial charge in [0.1, 0.15) is 6.07 Å². The van der Waals surface area contributed by atoms with Gasteiger partial charge in [-0.15, -0.1) is 0 Å². The molecule has 0 unspecified atom stereocenters. The highest BCUT2D eigenvalue weighted by Crippen LogP contribution is 2.17. The number of rotatable bonds is 5. The van der Waals surface area contributed by atoms with E-state index < -0.39 is 0 Å². The molecule has 0 bridgehead atoms. The number of amides is 1.